The first-order valence-electron chi connectivity index (χ1n) is 14.3. The van der Waals surface area contributed by atoms with Crippen LogP contribution in [0.2, 0.25) is 0 Å². The van der Waals surface area contributed by atoms with Gasteiger partial charge in [0.15, 0.2) is 5.82 Å². The second-order valence-corrected chi connectivity index (χ2v) is 10.9. The quantitative estimate of drug-likeness (QED) is 0.221. The van der Waals surface area contributed by atoms with E-state index in [2.05, 4.69) is 121 Å². The molecule has 1 aromatic heterocycles. The number of aromatic nitrogens is 2. The van der Waals surface area contributed by atoms with Gasteiger partial charge in [-0.05, 0) is 40.5 Å². The molecule has 0 bridgehead atoms. The van der Waals surface area contributed by atoms with Crippen LogP contribution in [0.1, 0.15) is 22.3 Å². The number of rotatable bonds is 2. The Morgan fingerprint density at radius 2 is 1.05 bits per heavy atom. The maximum absolute atomic E-state index is 6.56. The number of nitrogens with zero attached hydrogens (tertiary/aromatic N) is 2. The second kappa shape index (κ2) is 8.73. The third kappa shape index (κ3) is 3.05. The Bertz CT molecular complexity index is 2140. The van der Waals surface area contributed by atoms with Crippen molar-refractivity contribution in [2.45, 2.75) is 5.41 Å². The van der Waals surface area contributed by atoms with Crippen LogP contribution < -0.4 is 4.74 Å². The number of para-hydroxylation sites is 3. The molecule has 1 aliphatic carbocycles. The molecule has 0 saturated heterocycles. The van der Waals surface area contributed by atoms with Gasteiger partial charge in [-0.25, -0.2) is 9.97 Å². The number of fused-ring (bicyclic) bond motifs is 10. The molecule has 1 aliphatic heterocycles. The highest BCUT2D eigenvalue weighted by molar-refractivity contribution is 6.00. The molecular formula is C39H24N2O. The lowest BCUT2D eigenvalue weighted by molar-refractivity contribution is 0.436. The summed E-state index contributed by atoms with van der Waals surface area (Å²) in [6, 6.07) is 51.0. The molecule has 1 spiro atoms. The number of ether oxygens (including phenoxy) is 1. The zero-order chi connectivity index (χ0) is 27.7. The van der Waals surface area contributed by atoms with Crippen LogP contribution >= 0.6 is 0 Å². The first kappa shape index (κ1) is 23.2. The molecule has 9 rings (SSSR count). The van der Waals surface area contributed by atoms with Crippen molar-refractivity contribution in [3.63, 3.8) is 0 Å². The van der Waals surface area contributed by atoms with Gasteiger partial charge in [0, 0.05) is 27.6 Å². The van der Waals surface area contributed by atoms with Crippen molar-refractivity contribution in [3.05, 3.63) is 168 Å². The molecule has 2 aliphatic rings. The Labute approximate surface area is 243 Å². The number of hydrogen-bond acceptors (Lipinski definition) is 3. The van der Waals surface area contributed by atoms with E-state index >= 15 is 0 Å². The summed E-state index contributed by atoms with van der Waals surface area (Å²) in [5.41, 5.74) is 10.6. The molecule has 6 aromatic carbocycles. The van der Waals surface area contributed by atoms with E-state index in [4.69, 9.17) is 14.7 Å². The molecule has 2 heterocycles. The maximum Gasteiger partial charge on any atom is 0.160 e. The smallest absolute Gasteiger partial charge is 0.160 e. The van der Waals surface area contributed by atoms with Crippen LogP contribution in [0.3, 0.4) is 0 Å². The van der Waals surface area contributed by atoms with E-state index in [0.29, 0.717) is 0 Å². The van der Waals surface area contributed by atoms with Gasteiger partial charge in [0.1, 0.15) is 11.5 Å². The lowest BCUT2D eigenvalue weighted by atomic mass is 9.65. The van der Waals surface area contributed by atoms with Crippen LogP contribution in [-0.2, 0) is 5.41 Å². The molecule has 42 heavy (non-hydrogen) atoms. The van der Waals surface area contributed by atoms with Crippen LogP contribution in [0.5, 0.6) is 11.5 Å². The Morgan fingerprint density at radius 1 is 0.452 bits per heavy atom. The predicted molar refractivity (Wildman–Crippen MR) is 168 cm³/mol. The van der Waals surface area contributed by atoms with Crippen LogP contribution in [-0.4, -0.2) is 9.97 Å². The van der Waals surface area contributed by atoms with Gasteiger partial charge in [0.05, 0.1) is 16.6 Å². The summed E-state index contributed by atoms with van der Waals surface area (Å²) in [6.45, 7) is 0. The Balaban J connectivity index is 1.46. The second-order valence-electron chi connectivity index (χ2n) is 10.9. The Kier molecular flexibility index (Phi) is 4.82. The first-order chi connectivity index (χ1) is 20.8. The highest BCUT2D eigenvalue weighted by atomic mass is 16.5. The van der Waals surface area contributed by atoms with E-state index in [1.54, 1.807) is 0 Å². The van der Waals surface area contributed by atoms with E-state index in [-0.39, 0.29) is 0 Å². The summed E-state index contributed by atoms with van der Waals surface area (Å²) >= 11 is 0. The third-order valence-corrected chi connectivity index (χ3v) is 8.75. The average molecular weight is 537 g/mol. The standard InChI is InChI=1S/C39H24N2O/c1-2-13-25(14-3-1)38-40-33-22-9-5-16-28(33)37(41-38)29-18-12-17-27-26-15-4-6-19-30(26)39(36(27)29)31-20-7-10-23-34(31)42-35-24-11-8-21-32(35)39/h1-24H. The first-order valence-corrected chi connectivity index (χ1v) is 14.3. The van der Waals surface area contributed by atoms with Crippen LogP contribution in [0.25, 0.3) is 44.7 Å². The van der Waals surface area contributed by atoms with Crippen molar-refractivity contribution in [2.75, 3.05) is 0 Å². The molecular weight excluding hydrogens is 512 g/mol. The molecule has 0 amide bonds. The minimum Gasteiger partial charge on any atom is -0.457 e. The van der Waals surface area contributed by atoms with Gasteiger partial charge in [0.2, 0.25) is 0 Å². The maximum atomic E-state index is 6.56. The fraction of sp³-hybridized carbons (Fsp3) is 0.0256. The molecule has 0 unspecified atom stereocenters. The topological polar surface area (TPSA) is 35.0 Å². The van der Waals surface area contributed by atoms with Crippen LogP contribution in [0, 0.1) is 0 Å². The molecule has 0 atom stereocenters. The fourth-order valence-corrected chi connectivity index (χ4v) is 7.11. The summed E-state index contributed by atoms with van der Waals surface area (Å²) in [5.74, 6) is 2.48. The lowest BCUT2D eigenvalue weighted by Gasteiger charge is -2.40. The van der Waals surface area contributed by atoms with Gasteiger partial charge in [0.25, 0.3) is 0 Å². The molecule has 7 aromatic rings. The van der Waals surface area contributed by atoms with Crippen molar-refractivity contribution < 1.29 is 4.74 Å². The SMILES string of the molecule is c1ccc(-c2nc(-c3cccc4c3C3(c5ccccc5Oc5ccccc53)c3ccccc3-4)c3ccccc3n2)cc1. The van der Waals surface area contributed by atoms with E-state index in [1.807, 2.05) is 24.3 Å². The summed E-state index contributed by atoms with van der Waals surface area (Å²) in [7, 11) is 0. The zero-order valence-electron chi connectivity index (χ0n) is 22.7. The van der Waals surface area contributed by atoms with Crippen molar-refractivity contribution in [1.29, 1.82) is 0 Å². The molecule has 0 fully saturated rings. The molecule has 0 N–H and O–H groups in total. The largest absolute Gasteiger partial charge is 0.457 e. The fourth-order valence-electron chi connectivity index (χ4n) is 7.11. The van der Waals surface area contributed by atoms with Gasteiger partial charge >= 0.3 is 0 Å². The monoisotopic (exact) mass is 536 g/mol. The molecule has 3 nitrogen and oxygen atoms in total. The van der Waals surface area contributed by atoms with Crippen molar-refractivity contribution in [3.8, 4) is 45.3 Å². The molecule has 0 saturated carbocycles. The van der Waals surface area contributed by atoms with Crippen molar-refractivity contribution in [2.24, 2.45) is 0 Å². The summed E-state index contributed by atoms with van der Waals surface area (Å²) in [6.07, 6.45) is 0. The van der Waals surface area contributed by atoms with E-state index in [1.165, 1.54) is 22.3 Å². The van der Waals surface area contributed by atoms with E-state index in [9.17, 15) is 0 Å². The highest BCUT2D eigenvalue weighted by Crippen LogP contribution is 2.63. The van der Waals surface area contributed by atoms with Crippen molar-refractivity contribution >= 4 is 10.9 Å². The van der Waals surface area contributed by atoms with Gasteiger partial charge in [-0.2, -0.15) is 0 Å². The lowest BCUT2D eigenvalue weighted by Crippen LogP contribution is -2.32. The van der Waals surface area contributed by atoms with Gasteiger partial charge < -0.3 is 4.74 Å². The Morgan fingerprint density at radius 3 is 1.83 bits per heavy atom. The van der Waals surface area contributed by atoms with Gasteiger partial charge in [-0.1, -0.05) is 127 Å². The zero-order valence-corrected chi connectivity index (χ0v) is 22.7. The predicted octanol–water partition coefficient (Wildman–Crippen LogP) is 9.43. The van der Waals surface area contributed by atoms with Gasteiger partial charge in [-0.3, -0.25) is 0 Å². The number of hydrogen-bond donors (Lipinski definition) is 0. The highest BCUT2D eigenvalue weighted by Gasteiger charge is 2.52. The van der Waals surface area contributed by atoms with E-state index in [0.717, 1.165) is 56.2 Å². The van der Waals surface area contributed by atoms with Crippen molar-refractivity contribution in [1.82, 2.24) is 9.97 Å². The van der Waals surface area contributed by atoms with Crippen LogP contribution in [0.15, 0.2) is 146 Å². The normalized spacial score (nSPS) is 13.6. The third-order valence-electron chi connectivity index (χ3n) is 8.75. The Hall–Kier alpha value is -5.54. The minimum atomic E-state index is -0.576. The molecule has 196 valence electrons. The van der Waals surface area contributed by atoms with Gasteiger partial charge in [-0.15, -0.1) is 0 Å². The number of benzene rings is 6. The van der Waals surface area contributed by atoms with Crippen LogP contribution in [0.4, 0.5) is 0 Å². The minimum absolute atomic E-state index is 0.576. The summed E-state index contributed by atoms with van der Waals surface area (Å²) in [5, 5.41) is 1.03. The van der Waals surface area contributed by atoms with E-state index < -0.39 is 5.41 Å². The summed E-state index contributed by atoms with van der Waals surface area (Å²) < 4.78 is 6.56. The average Bonchev–Trinajstić information content (AvgIpc) is 3.36. The molecule has 0 radical (unpaired) electrons. The molecule has 3 heteroatoms. The summed E-state index contributed by atoms with van der Waals surface area (Å²) in [4.78, 5) is 10.3.